The molecular formula is C36H42FN3O5. The summed E-state index contributed by atoms with van der Waals surface area (Å²) in [7, 11) is 0. The van der Waals surface area contributed by atoms with Gasteiger partial charge >= 0.3 is 12.1 Å². The van der Waals surface area contributed by atoms with Gasteiger partial charge in [-0.3, -0.25) is 15.1 Å². The molecule has 1 aliphatic rings. The van der Waals surface area contributed by atoms with E-state index in [1.807, 2.05) is 30.3 Å². The third-order valence-electron chi connectivity index (χ3n) is 7.55. The molecule has 4 rings (SSSR count). The lowest BCUT2D eigenvalue weighted by molar-refractivity contribution is -0.155. The predicted molar refractivity (Wildman–Crippen MR) is 172 cm³/mol. The first-order valence-corrected chi connectivity index (χ1v) is 15.3. The van der Waals surface area contributed by atoms with Crippen molar-refractivity contribution < 1.29 is 28.2 Å². The highest BCUT2D eigenvalue weighted by Gasteiger charge is 2.36. The summed E-state index contributed by atoms with van der Waals surface area (Å²) in [4.78, 5) is 41.3. The molecule has 45 heavy (non-hydrogen) atoms. The van der Waals surface area contributed by atoms with Crippen molar-refractivity contribution in [2.45, 2.75) is 90.5 Å². The van der Waals surface area contributed by atoms with Gasteiger partial charge in [-0.05, 0) is 100 Å². The SMILES string of the molecule is Cc1cc(C(=O)CC(=N)Nc2ccc(CN(C(=O)OC(C)(C)C)[C@@H](Cc3ccccc3)C(=O)OC3CCCC3)cc2)ccc1F. The molecule has 0 radical (unpaired) electrons. The van der Waals surface area contributed by atoms with Crippen LogP contribution in [0.2, 0.25) is 0 Å². The molecule has 238 valence electrons. The van der Waals surface area contributed by atoms with Crippen molar-refractivity contribution >= 4 is 29.4 Å². The van der Waals surface area contributed by atoms with E-state index in [0.717, 1.165) is 36.8 Å². The number of esters is 1. The summed E-state index contributed by atoms with van der Waals surface area (Å²) in [5, 5.41) is 11.2. The van der Waals surface area contributed by atoms with E-state index in [2.05, 4.69) is 5.32 Å². The fourth-order valence-electron chi connectivity index (χ4n) is 5.22. The van der Waals surface area contributed by atoms with Crippen LogP contribution in [0.25, 0.3) is 0 Å². The van der Waals surface area contributed by atoms with Crippen molar-refractivity contribution in [1.82, 2.24) is 4.90 Å². The van der Waals surface area contributed by atoms with Crippen LogP contribution < -0.4 is 5.32 Å². The predicted octanol–water partition coefficient (Wildman–Crippen LogP) is 7.63. The Bertz CT molecular complexity index is 1500. The van der Waals surface area contributed by atoms with E-state index in [0.29, 0.717) is 16.8 Å². The zero-order chi connectivity index (χ0) is 32.6. The zero-order valence-corrected chi connectivity index (χ0v) is 26.4. The van der Waals surface area contributed by atoms with Gasteiger partial charge in [0.05, 0.1) is 6.42 Å². The maximum absolute atomic E-state index is 13.7. The highest BCUT2D eigenvalue weighted by atomic mass is 19.1. The lowest BCUT2D eigenvalue weighted by atomic mass is 10.0. The van der Waals surface area contributed by atoms with Gasteiger partial charge in [0, 0.05) is 24.2 Å². The van der Waals surface area contributed by atoms with E-state index in [-0.39, 0.29) is 42.9 Å². The quantitative estimate of drug-likeness (QED) is 0.0994. The number of rotatable bonds is 11. The first-order chi connectivity index (χ1) is 21.4. The van der Waals surface area contributed by atoms with E-state index in [9.17, 15) is 18.8 Å². The number of benzene rings is 3. The van der Waals surface area contributed by atoms with Gasteiger partial charge in [0.2, 0.25) is 0 Å². The Kier molecular flexibility index (Phi) is 11.1. The van der Waals surface area contributed by atoms with Gasteiger partial charge in [-0.1, -0.05) is 42.5 Å². The maximum Gasteiger partial charge on any atom is 0.411 e. The van der Waals surface area contributed by atoms with Crippen LogP contribution in [0, 0.1) is 18.2 Å². The van der Waals surface area contributed by atoms with Gasteiger partial charge < -0.3 is 14.8 Å². The zero-order valence-electron chi connectivity index (χ0n) is 26.4. The number of aryl methyl sites for hydroxylation is 1. The molecule has 1 saturated carbocycles. The second-order valence-corrected chi connectivity index (χ2v) is 12.5. The number of hydrogen-bond acceptors (Lipinski definition) is 6. The standard InChI is InChI=1S/C36H42FN3O5/c1-24-20-27(16-19-30(24)37)32(41)22-33(38)39-28-17-14-26(15-18-28)23-40(35(43)45-36(2,3)4)31(21-25-10-6-5-7-11-25)34(42)44-29-12-8-9-13-29/h5-7,10-11,14-20,29,31H,8-9,12-13,21-23H2,1-4H3,(H2,38,39)/t31-/m0/s1. The minimum absolute atomic E-state index is 0.0114. The molecule has 0 saturated heterocycles. The summed E-state index contributed by atoms with van der Waals surface area (Å²) >= 11 is 0. The average molecular weight is 616 g/mol. The van der Waals surface area contributed by atoms with E-state index < -0.39 is 23.7 Å². The average Bonchev–Trinajstić information content (AvgIpc) is 3.49. The molecular weight excluding hydrogens is 573 g/mol. The van der Waals surface area contributed by atoms with Crippen molar-refractivity contribution in [3.8, 4) is 0 Å². The van der Waals surface area contributed by atoms with Gasteiger partial charge in [0.1, 0.15) is 29.4 Å². The number of ether oxygens (including phenoxy) is 2. The Morgan fingerprint density at radius 3 is 2.27 bits per heavy atom. The lowest BCUT2D eigenvalue weighted by Crippen LogP contribution is -2.49. The van der Waals surface area contributed by atoms with Crippen LogP contribution in [-0.2, 0) is 27.2 Å². The third-order valence-corrected chi connectivity index (χ3v) is 7.55. The number of nitrogens with one attached hydrogen (secondary N) is 2. The summed E-state index contributed by atoms with van der Waals surface area (Å²) in [6.45, 7) is 7.02. The number of hydrogen-bond donors (Lipinski definition) is 2. The molecule has 1 amide bonds. The van der Waals surface area contributed by atoms with Crippen LogP contribution in [-0.4, -0.2) is 46.3 Å². The molecule has 1 atom stereocenters. The molecule has 0 unspecified atom stereocenters. The first-order valence-electron chi connectivity index (χ1n) is 15.3. The number of anilines is 1. The Balaban J connectivity index is 1.50. The summed E-state index contributed by atoms with van der Waals surface area (Å²) in [6, 6.07) is 19.8. The second-order valence-electron chi connectivity index (χ2n) is 12.5. The molecule has 1 aliphatic carbocycles. The van der Waals surface area contributed by atoms with Crippen molar-refractivity contribution in [2.24, 2.45) is 0 Å². The van der Waals surface area contributed by atoms with E-state index >= 15 is 0 Å². The largest absolute Gasteiger partial charge is 0.461 e. The lowest BCUT2D eigenvalue weighted by Gasteiger charge is -2.33. The molecule has 1 fully saturated rings. The monoisotopic (exact) mass is 615 g/mol. The number of halogens is 1. The van der Waals surface area contributed by atoms with E-state index in [1.54, 1.807) is 52.0 Å². The molecule has 0 aromatic heterocycles. The molecule has 2 N–H and O–H groups in total. The number of amides is 1. The Morgan fingerprint density at radius 2 is 1.64 bits per heavy atom. The highest BCUT2D eigenvalue weighted by molar-refractivity contribution is 6.12. The van der Waals surface area contributed by atoms with Crippen molar-refractivity contribution in [2.75, 3.05) is 5.32 Å². The van der Waals surface area contributed by atoms with Crippen molar-refractivity contribution in [3.63, 3.8) is 0 Å². The fourth-order valence-corrected chi connectivity index (χ4v) is 5.22. The topological polar surface area (TPSA) is 109 Å². The highest BCUT2D eigenvalue weighted by Crippen LogP contribution is 2.25. The Morgan fingerprint density at radius 1 is 0.978 bits per heavy atom. The van der Waals surface area contributed by atoms with Crippen LogP contribution in [0.3, 0.4) is 0 Å². The number of carbonyl (C=O) groups is 3. The summed E-state index contributed by atoms with van der Waals surface area (Å²) in [5.41, 5.74) is 2.14. The third kappa shape index (κ3) is 9.99. The number of Topliss-reactive ketones (excluding diaryl/α,β-unsaturated/α-hetero) is 1. The molecule has 0 heterocycles. The van der Waals surface area contributed by atoms with Crippen LogP contribution >= 0.6 is 0 Å². The second kappa shape index (κ2) is 15.0. The first kappa shape index (κ1) is 33.4. The van der Waals surface area contributed by atoms with Gasteiger partial charge in [-0.15, -0.1) is 0 Å². The maximum atomic E-state index is 13.7. The molecule has 3 aromatic carbocycles. The summed E-state index contributed by atoms with van der Waals surface area (Å²) in [6.07, 6.45) is 2.96. The molecule has 3 aromatic rings. The number of ketones is 1. The molecule has 0 spiro atoms. The van der Waals surface area contributed by atoms with E-state index in [4.69, 9.17) is 14.9 Å². The Labute approximate surface area is 264 Å². The van der Waals surface area contributed by atoms with Crippen LogP contribution in [0.15, 0.2) is 72.8 Å². The molecule has 0 aliphatic heterocycles. The van der Waals surface area contributed by atoms with Gasteiger partial charge in [-0.2, -0.15) is 0 Å². The minimum atomic E-state index is -0.907. The smallest absolute Gasteiger partial charge is 0.411 e. The number of carbonyl (C=O) groups excluding carboxylic acids is 3. The molecule has 9 heteroatoms. The molecule has 0 bridgehead atoms. The summed E-state index contributed by atoms with van der Waals surface area (Å²) < 4.78 is 25.3. The van der Waals surface area contributed by atoms with E-state index in [1.165, 1.54) is 23.1 Å². The number of amidine groups is 1. The fraction of sp³-hybridized carbons (Fsp3) is 0.389. The van der Waals surface area contributed by atoms with Crippen LogP contribution in [0.1, 0.15) is 79.9 Å². The van der Waals surface area contributed by atoms with Crippen LogP contribution in [0.4, 0.5) is 14.9 Å². The summed E-state index contributed by atoms with van der Waals surface area (Å²) in [5.74, 6) is -1.15. The van der Waals surface area contributed by atoms with Gasteiger partial charge in [0.15, 0.2) is 5.78 Å². The van der Waals surface area contributed by atoms with Crippen LogP contribution in [0.5, 0.6) is 0 Å². The normalized spacial score (nSPS) is 14.0. The molecule has 8 nitrogen and oxygen atoms in total. The number of nitrogens with zero attached hydrogens (tertiary/aromatic N) is 1. The minimum Gasteiger partial charge on any atom is -0.461 e. The van der Waals surface area contributed by atoms with Crippen molar-refractivity contribution in [1.29, 1.82) is 5.41 Å². The van der Waals surface area contributed by atoms with Gasteiger partial charge in [-0.25, -0.2) is 14.0 Å². The van der Waals surface area contributed by atoms with Gasteiger partial charge in [0.25, 0.3) is 0 Å². The van der Waals surface area contributed by atoms with Crippen molar-refractivity contribution in [3.05, 3.63) is 101 Å². The Hall–Kier alpha value is -4.53.